The summed E-state index contributed by atoms with van der Waals surface area (Å²) < 4.78 is 0. The summed E-state index contributed by atoms with van der Waals surface area (Å²) in [4.78, 5) is 61.3. The molecule has 1 aliphatic rings. The molecule has 1 saturated heterocycles. The van der Waals surface area contributed by atoms with E-state index in [1.165, 1.54) is 4.90 Å². The molecular formula is C31H45N7O5. The minimum atomic E-state index is -1.21. The number of benzene rings is 1. The van der Waals surface area contributed by atoms with Gasteiger partial charge in [0.05, 0.1) is 0 Å². The van der Waals surface area contributed by atoms with Crippen molar-refractivity contribution in [2.45, 2.75) is 77.9 Å². The maximum absolute atomic E-state index is 14.0. The standard InChI is InChI=1S/C31H45N7O5/c1-5-20-17-38(29(41)24(36-26(39)14-18(2)3)12-8-9-13-34-31(32)33)27(19(20)4)28(40)37-25(30(42)43)16-22-15-21-10-6-7-11-23(21)35-22/h5-7,10-11,15,18-19,24-25,27,35H,8-9,12-14,16-17H2,1-4H3,(H,36,39)(H,37,40)(H,42,43)(H4,32,33,34)/b20-5-/t19-,24+,25+,27+/m1/s1. The summed E-state index contributed by atoms with van der Waals surface area (Å²) in [5.41, 5.74) is 13.2. The molecule has 1 aliphatic heterocycles. The van der Waals surface area contributed by atoms with E-state index in [1.54, 1.807) is 0 Å². The van der Waals surface area contributed by atoms with Crippen molar-refractivity contribution < 1.29 is 24.3 Å². The van der Waals surface area contributed by atoms with Crippen molar-refractivity contribution in [2.24, 2.45) is 28.3 Å². The number of nitrogens with two attached hydrogens (primary N) is 2. The molecule has 1 aromatic heterocycles. The number of nitrogens with one attached hydrogen (secondary N) is 3. The van der Waals surface area contributed by atoms with Crippen LogP contribution in [0.25, 0.3) is 10.9 Å². The number of carboxylic acid groups (broad SMARTS) is 1. The number of hydrogen-bond acceptors (Lipinski definition) is 5. The zero-order valence-electron chi connectivity index (χ0n) is 25.4. The number of unbranched alkanes of at least 4 members (excludes halogenated alkanes) is 1. The highest BCUT2D eigenvalue weighted by Crippen LogP contribution is 2.31. The molecule has 0 radical (unpaired) electrons. The number of rotatable bonds is 14. The SMILES string of the molecule is C/C=C1/CN(C(=O)[C@H](CCCCN=C(N)N)NC(=O)CC(C)C)[C@H](C(=O)N[C@@H](Cc2cc3ccccc3[nH]2)C(=O)O)[C@@H]1C. The van der Waals surface area contributed by atoms with Gasteiger partial charge in [-0.2, -0.15) is 0 Å². The Balaban J connectivity index is 1.80. The summed E-state index contributed by atoms with van der Waals surface area (Å²) in [7, 11) is 0. The van der Waals surface area contributed by atoms with Crippen molar-refractivity contribution >= 4 is 40.6 Å². The highest BCUT2D eigenvalue weighted by Gasteiger charge is 2.44. The van der Waals surface area contributed by atoms with Crippen molar-refractivity contribution in [2.75, 3.05) is 13.1 Å². The number of aliphatic imine (C=N–C) groups is 1. The Morgan fingerprint density at radius 2 is 1.86 bits per heavy atom. The average Bonchev–Trinajstić information content (AvgIpc) is 3.50. The molecule has 1 fully saturated rings. The van der Waals surface area contributed by atoms with Gasteiger partial charge in [0.25, 0.3) is 0 Å². The summed E-state index contributed by atoms with van der Waals surface area (Å²) in [6.45, 7) is 8.13. The highest BCUT2D eigenvalue weighted by molar-refractivity contribution is 5.95. The van der Waals surface area contributed by atoms with Crippen molar-refractivity contribution in [1.29, 1.82) is 0 Å². The second kappa shape index (κ2) is 15.2. The minimum absolute atomic E-state index is 0.0131. The first-order valence-corrected chi connectivity index (χ1v) is 14.8. The molecular weight excluding hydrogens is 550 g/mol. The summed E-state index contributed by atoms with van der Waals surface area (Å²) in [6.07, 6.45) is 3.69. The van der Waals surface area contributed by atoms with Gasteiger partial charge >= 0.3 is 5.97 Å². The molecule has 0 unspecified atom stereocenters. The monoisotopic (exact) mass is 595 g/mol. The lowest BCUT2D eigenvalue weighted by Gasteiger charge is -2.30. The molecule has 0 spiro atoms. The lowest BCUT2D eigenvalue weighted by atomic mass is 9.96. The molecule has 2 heterocycles. The molecule has 234 valence electrons. The highest BCUT2D eigenvalue weighted by atomic mass is 16.4. The number of para-hydroxylation sites is 1. The Labute approximate surface area is 252 Å². The first kappa shape index (κ1) is 33.2. The predicted octanol–water partition coefficient (Wildman–Crippen LogP) is 2.05. The van der Waals surface area contributed by atoms with Crippen LogP contribution in [0.15, 0.2) is 47.0 Å². The van der Waals surface area contributed by atoms with Crippen molar-refractivity contribution in [3.63, 3.8) is 0 Å². The van der Waals surface area contributed by atoms with Gasteiger partial charge in [0.2, 0.25) is 17.7 Å². The maximum atomic E-state index is 14.0. The van der Waals surface area contributed by atoms with E-state index in [0.29, 0.717) is 31.5 Å². The number of amides is 3. The van der Waals surface area contributed by atoms with Crippen molar-refractivity contribution in [3.8, 4) is 0 Å². The fraction of sp³-hybridized carbons (Fsp3) is 0.516. The number of H-pyrrole nitrogens is 1. The second-order valence-electron chi connectivity index (χ2n) is 11.6. The number of aromatic amines is 1. The summed E-state index contributed by atoms with van der Waals surface area (Å²) in [6, 6.07) is 6.45. The number of aromatic nitrogens is 1. The Kier molecular flexibility index (Phi) is 11.7. The van der Waals surface area contributed by atoms with Crippen LogP contribution >= 0.6 is 0 Å². The van der Waals surface area contributed by atoms with Crippen LogP contribution in [0.3, 0.4) is 0 Å². The third-order valence-corrected chi connectivity index (χ3v) is 7.72. The number of hydrogen-bond donors (Lipinski definition) is 6. The Morgan fingerprint density at radius 3 is 2.49 bits per heavy atom. The van der Waals surface area contributed by atoms with Gasteiger partial charge in [-0.3, -0.25) is 19.4 Å². The van der Waals surface area contributed by atoms with Gasteiger partial charge < -0.3 is 37.1 Å². The number of fused-ring (bicyclic) bond motifs is 1. The number of allylic oxidation sites excluding steroid dienone is 1. The molecule has 3 rings (SSSR count). The number of carbonyl (C=O) groups is 4. The fourth-order valence-electron chi connectivity index (χ4n) is 5.52. The van der Waals surface area contributed by atoms with Crippen LogP contribution in [-0.2, 0) is 25.6 Å². The van der Waals surface area contributed by atoms with Crippen LogP contribution in [-0.4, -0.2) is 75.9 Å². The number of carbonyl (C=O) groups excluding carboxylic acids is 3. The maximum Gasteiger partial charge on any atom is 0.326 e. The van der Waals surface area contributed by atoms with E-state index >= 15 is 0 Å². The van der Waals surface area contributed by atoms with Crippen molar-refractivity contribution in [1.82, 2.24) is 20.5 Å². The minimum Gasteiger partial charge on any atom is -0.480 e. The number of nitrogens with zero attached hydrogens (tertiary/aromatic N) is 2. The van der Waals surface area contributed by atoms with Crippen LogP contribution in [0.4, 0.5) is 0 Å². The van der Waals surface area contributed by atoms with E-state index < -0.39 is 30.0 Å². The van der Waals surface area contributed by atoms with Crippen LogP contribution in [0.1, 0.15) is 59.1 Å². The van der Waals surface area contributed by atoms with Gasteiger partial charge in [0.15, 0.2) is 5.96 Å². The number of carboxylic acids is 1. The zero-order valence-corrected chi connectivity index (χ0v) is 25.4. The number of likely N-dealkylation sites (tertiary alicyclic amines) is 1. The molecule has 8 N–H and O–H groups in total. The molecule has 4 atom stereocenters. The van der Waals surface area contributed by atoms with Crippen LogP contribution in [0.5, 0.6) is 0 Å². The topological polar surface area (TPSA) is 196 Å². The first-order chi connectivity index (χ1) is 20.4. The predicted molar refractivity (Wildman–Crippen MR) is 166 cm³/mol. The lowest BCUT2D eigenvalue weighted by Crippen LogP contribution is -2.56. The van der Waals surface area contributed by atoms with E-state index in [2.05, 4.69) is 20.6 Å². The van der Waals surface area contributed by atoms with Gasteiger partial charge in [-0.1, -0.05) is 45.0 Å². The molecule has 12 nitrogen and oxygen atoms in total. The fourth-order valence-corrected chi connectivity index (χ4v) is 5.52. The first-order valence-electron chi connectivity index (χ1n) is 14.8. The number of aliphatic carboxylic acids is 1. The van der Waals surface area contributed by atoms with Crippen LogP contribution < -0.4 is 22.1 Å². The summed E-state index contributed by atoms with van der Waals surface area (Å²) in [5.74, 6) is -2.62. The van der Waals surface area contributed by atoms with Crippen LogP contribution in [0.2, 0.25) is 0 Å². The summed E-state index contributed by atoms with van der Waals surface area (Å²) >= 11 is 0. The van der Waals surface area contributed by atoms with E-state index in [0.717, 1.165) is 16.5 Å². The van der Waals surface area contributed by atoms with Crippen molar-refractivity contribution in [3.05, 3.63) is 47.7 Å². The van der Waals surface area contributed by atoms with Gasteiger partial charge in [0.1, 0.15) is 18.1 Å². The van der Waals surface area contributed by atoms with Crippen LogP contribution in [0, 0.1) is 11.8 Å². The normalized spacial score (nSPS) is 18.9. The Bertz CT molecular complexity index is 1330. The second-order valence-corrected chi connectivity index (χ2v) is 11.6. The molecule has 43 heavy (non-hydrogen) atoms. The molecule has 2 aromatic rings. The van der Waals surface area contributed by atoms with Gasteiger partial charge in [-0.15, -0.1) is 0 Å². The van der Waals surface area contributed by atoms with Gasteiger partial charge in [-0.05, 0) is 55.2 Å². The third kappa shape index (κ3) is 9.07. The Morgan fingerprint density at radius 1 is 1.14 bits per heavy atom. The Hall–Kier alpha value is -4.35. The molecule has 0 aliphatic carbocycles. The lowest BCUT2D eigenvalue weighted by molar-refractivity contribution is -0.145. The zero-order chi connectivity index (χ0) is 31.7. The largest absolute Gasteiger partial charge is 0.480 e. The molecule has 1 aromatic carbocycles. The molecule has 0 bridgehead atoms. The van der Waals surface area contributed by atoms with E-state index in [4.69, 9.17) is 11.5 Å². The van der Waals surface area contributed by atoms with E-state index in [9.17, 15) is 24.3 Å². The number of guanidine groups is 1. The van der Waals surface area contributed by atoms with E-state index in [1.807, 2.05) is 64.1 Å². The average molecular weight is 596 g/mol. The summed E-state index contributed by atoms with van der Waals surface area (Å²) in [5, 5.41) is 16.5. The quantitative estimate of drug-likeness (QED) is 0.0831. The smallest absolute Gasteiger partial charge is 0.326 e. The van der Waals surface area contributed by atoms with E-state index in [-0.39, 0.29) is 49.0 Å². The van der Waals surface area contributed by atoms with Gasteiger partial charge in [0, 0.05) is 43.1 Å². The third-order valence-electron chi connectivity index (χ3n) is 7.72. The molecule has 0 saturated carbocycles. The molecule has 12 heteroatoms. The van der Waals surface area contributed by atoms with Gasteiger partial charge in [-0.25, -0.2) is 4.79 Å². The molecule has 3 amide bonds.